The molecule has 0 radical (unpaired) electrons. The molecule has 152 valence electrons. The van der Waals surface area contributed by atoms with Crippen molar-refractivity contribution in [2.24, 2.45) is 0 Å². The number of allylic oxidation sites excluding steroid dienone is 1. The van der Waals surface area contributed by atoms with Crippen LogP contribution in [-0.4, -0.2) is 20.0 Å². The number of hydrogen-bond donors (Lipinski definition) is 0. The molecule has 0 aromatic heterocycles. The molecule has 1 aliphatic rings. The Hall–Kier alpha value is -3.80. The van der Waals surface area contributed by atoms with Gasteiger partial charge in [-0.2, -0.15) is 0 Å². The topological polar surface area (TPSA) is 54.0 Å². The Morgan fingerprint density at radius 2 is 1.83 bits per heavy atom. The van der Waals surface area contributed by atoms with Gasteiger partial charge in [-0.25, -0.2) is 4.39 Å². The average Bonchev–Trinajstić information content (AvgIpc) is 3.07. The van der Waals surface area contributed by atoms with E-state index in [-0.39, 0.29) is 24.0 Å². The molecule has 0 unspecified atom stereocenters. The van der Waals surface area contributed by atoms with Gasteiger partial charge in [0.1, 0.15) is 23.9 Å². The number of para-hydroxylation sites is 1. The van der Waals surface area contributed by atoms with E-state index in [1.165, 1.54) is 13.2 Å². The fourth-order valence-electron chi connectivity index (χ4n) is 3.20. The highest BCUT2D eigenvalue weighted by atomic mass is 19.1. The zero-order valence-corrected chi connectivity index (χ0v) is 16.5. The van der Waals surface area contributed by atoms with Crippen molar-refractivity contribution >= 4 is 11.9 Å². The lowest BCUT2D eigenvalue weighted by Crippen LogP contribution is -1.99. The van der Waals surface area contributed by atoms with Gasteiger partial charge in [-0.3, -0.25) is 4.79 Å². The van der Waals surface area contributed by atoms with Gasteiger partial charge in [-0.05, 0) is 30.3 Å². The molecule has 5 nitrogen and oxygen atoms in total. The van der Waals surface area contributed by atoms with Crippen molar-refractivity contribution in [3.63, 3.8) is 0 Å². The van der Waals surface area contributed by atoms with Gasteiger partial charge in [-0.15, -0.1) is 0 Å². The van der Waals surface area contributed by atoms with E-state index in [9.17, 15) is 9.18 Å². The lowest BCUT2D eigenvalue weighted by atomic mass is 10.1. The van der Waals surface area contributed by atoms with E-state index < -0.39 is 0 Å². The average molecular weight is 406 g/mol. The van der Waals surface area contributed by atoms with Crippen LogP contribution in [0, 0.1) is 5.82 Å². The molecule has 0 saturated carbocycles. The standard InChI is InChI=1S/C24H19FO5/c1-27-20-9-5-7-15(24(20)28-2)12-22-23(26)18-11-10-17(13-21(18)30-22)29-14-16-6-3-4-8-19(16)25/h3-13H,14H2,1-2H3/b22-12+. The normalized spacial score (nSPS) is 13.7. The molecule has 0 saturated heterocycles. The third-order valence-corrected chi connectivity index (χ3v) is 4.71. The van der Waals surface area contributed by atoms with Crippen LogP contribution in [0.5, 0.6) is 23.0 Å². The summed E-state index contributed by atoms with van der Waals surface area (Å²) in [6.45, 7) is 0.0725. The minimum Gasteiger partial charge on any atom is -0.493 e. The van der Waals surface area contributed by atoms with E-state index in [1.807, 2.05) is 0 Å². The van der Waals surface area contributed by atoms with Crippen molar-refractivity contribution in [1.29, 1.82) is 0 Å². The Kier molecular flexibility index (Phi) is 5.39. The number of carbonyl (C=O) groups is 1. The molecule has 0 bridgehead atoms. The number of halogens is 1. The van der Waals surface area contributed by atoms with Crippen LogP contribution in [0.1, 0.15) is 21.5 Å². The molecule has 0 atom stereocenters. The van der Waals surface area contributed by atoms with Crippen LogP contribution < -0.4 is 18.9 Å². The molecule has 3 aromatic rings. The molecule has 30 heavy (non-hydrogen) atoms. The minimum absolute atomic E-state index is 0.0725. The maximum Gasteiger partial charge on any atom is 0.231 e. The number of methoxy groups -OCH3 is 2. The molecule has 0 N–H and O–H groups in total. The van der Waals surface area contributed by atoms with Crippen LogP contribution >= 0.6 is 0 Å². The SMILES string of the molecule is COc1cccc(/C=C2/Oc3cc(OCc4ccccc4F)ccc3C2=O)c1OC. The molecule has 4 rings (SSSR count). The zero-order valence-electron chi connectivity index (χ0n) is 16.5. The molecule has 3 aromatic carbocycles. The minimum atomic E-state index is -0.331. The first-order valence-corrected chi connectivity index (χ1v) is 9.26. The predicted molar refractivity (Wildman–Crippen MR) is 110 cm³/mol. The lowest BCUT2D eigenvalue weighted by Gasteiger charge is -2.10. The van der Waals surface area contributed by atoms with E-state index in [4.69, 9.17) is 18.9 Å². The quantitative estimate of drug-likeness (QED) is 0.537. The Morgan fingerprint density at radius 1 is 1.00 bits per heavy atom. The second kappa shape index (κ2) is 8.29. The highest BCUT2D eigenvalue weighted by Crippen LogP contribution is 2.37. The third kappa shape index (κ3) is 3.72. The monoisotopic (exact) mass is 406 g/mol. The molecular formula is C24H19FO5. The molecule has 0 aliphatic carbocycles. The third-order valence-electron chi connectivity index (χ3n) is 4.71. The van der Waals surface area contributed by atoms with E-state index >= 15 is 0 Å². The van der Waals surface area contributed by atoms with Crippen LogP contribution in [0.2, 0.25) is 0 Å². The summed E-state index contributed by atoms with van der Waals surface area (Å²) in [5.41, 5.74) is 1.53. The van der Waals surface area contributed by atoms with Crippen molar-refractivity contribution in [3.8, 4) is 23.0 Å². The lowest BCUT2D eigenvalue weighted by molar-refractivity contribution is 0.101. The van der Waals surface area contributed by atoms with Gasteiger partial charge in [0.2, 0.25) is 5.78 Å². The predicted octanol–water partition coefficient (Wildman–Crippen LogP) is 5.04. The van der Waals surface area contributed by atoms with Gasteiger partial charge >= 0.3 is 0 Å². The van der Waals surface area contributed by atoms with Crippen molar-refractivity contribution in [3.05, 3.63) is 88.9 Å². The molecule has 1 aliphatic heterocycles. The maximum absolute atomic E-state index is 13.8. The smallest absolute Gasteiger partial charge is 0.231 e. The van der Waals surface area contributed by atoms with E-state index in [0.717, 1.165) is 0 Å². The molecule has 0 amide bonds. The van der Waals surface area contributed by atoms with Gasteiger partial charge in [0.15, 0.2) is 17.3 Å². The van der Waals surface area contributed by atoms with Gasteiger partial charge in [0, 0.05) is 17.2 Å². The van der Waals surface area contributed by atoms with Gasteiger partial charge < -0.3 is 18.9 Å². The zero-order chi connectivity index (χ0) is 21.1. The van der Waals surface area contributed by atoms with Crippen LogP contribution in [0.3, 0.4) is 0 Å². The number of rotatable bonds is 6. The molecule has 0 spiro atoms. The van der Waals surface area contributed by atoms with Crippen molar-refractivity contribution in [2.45, 2.75) is 6.61 Å². The summed E-state index contributed by atoms with van der Waals surface area (Å²) >= 11 is 0. The van der Waals surface area contributed by atoms with Crippen molar-refractivity contribution in [1.82, 2.24) is 0 Å². The largest absolute Gasteiger partial charge is 0.493 e. The van der Waals surface area contributed by atoms with E-state index in [1.54, 1.807) is 67.8 Å². The molecule has 1 heterocycles. The number of fused-ring (bicyclic) bond motifs is 1. The van der Waals surface area contributed by atoms with Crippen LogP contribution in [0.4, 0.5) is 4.39 Å². The Balaban J connectivity index is 1.56. The Labute approximate surface area is 173 Å². The number of ether oxygens (including phenoxy) is 4. The fourth-order valence-corrected chi connectivity index (χ4v) is 3.20. The second-order valence-corrected chi connectivity index (χ2v) is 6.56. The van der Waals surface area contributed by atoms with E-state index in [2.05, 4.69) is 0 Å². The summed E-state index contributed by atoms with van der Waals surface area (Å²) < 4.78 is 35.9. The number of ketones is 1. The number of carbonyl (C=O) groups excluding carboxylic acids is 1. The molecular weight excluding hydrogens is 387 g/mol. The summed E-state index contributed by atoms with van der Waals surface area (Å²) in [5.74, 6) is 1.53. The number of Topliss-reactive ketones (excluding diaryl/α,β-unsaturated/α-hetero) is 1. The first-order valence-electron chi connectivity index (χ1n) is 9.26. The van der Waals surface area contributed by atoms with Crippen molar-refractivity contribution < 1.29 is 28.1 Å². The van der Waals surface area contributed by atoms with Crippen LogP contribution in [0.15, 0.2) is 66.4 Å². The van der Waals surface area contributed by atoms with Gasteiger partial charge in [-0.1, -0.05) is 30.3 Å². The highest BCUT2D eigenvalue weighted by molar-refractivity contribution is 6.14. The summed E-state index contributed by atoms with van der Waals surface area (Å²) in [7, 11) is 3.08. The van der Waals surface area contributed by atoms with Crippen LogP contribution in [0.25, 0.3) is 6.08 Å². The Morgan fingerprint density at radius 3 is 2.60 bits per heavy atom. The summed E-state index contributed by atoms with van der Waals surface area (Å²) in [4.78, 5) is 12.7. The second-order valence-electron chi connectivity index (χ2n) is 6.56. The van der Waals surface area contributed by atoms with Crippen molar-refractivity contribution in [2.75, 3.05) is 14.2 Å². The number of benzene rings is 3. The van der Waals surface area contributed by atoms with Gasteiger partial charge in [0.05, 0.1) is 19.8 Å². The number of hydrogen-bond acceptors (Lipinski definition) is 5. The first-order chi connectivity index (χ1) is 14.6. The Bertz CT molecular complexity index is 1140. The molecule has 6 heteroatoms. The van der Waals surface area contributed by atoms with Crippen LogP contribution in [-0.2, 0) is 6.61 Å². The highest BCUT2D eigenvalue weighted by Gasteiger charge is 2.28. The van der Waals surface area contributed by atoms with E-state index in [0.29, 0.717) is 39.7 Å². The fraction of sp³-hybridized carbons (Fsp3) is 0.125. The van der Waals surface area contributed by atoms with Gasteiger partial charge in [0.25, 0.3) is 0 Å². The first kappa shape index (κ1) is 19.5. The summed E-state index contributed by atoms with van der Waals surface area (Å²) in [6, 6.07) is 16.7. The molecule has 0 fully saturated rings. The summed E-state index contributed by atoms with van der Waals surface area (Å²) in [5, 5.41) is 0. The maximum atomic E-state index is 13.8. The summed E-state index contributed by atoms with van der Waals surface area (Å²) in [6.07, 6.45) is 1.61.